The minimum Gasteiger partial charge on any atom is -0.494 e. The number of anilines is 1. The molecule has 1 aromatic rings. The molecule has 1 aliphatic rings. The fourth-order valence-electron chi connectivity index (χ4n) is 2.79. The van der Waals surface area contributed by atoms with E-state index in [0.29, 0.717) is 12.0 Å². The second-order valence-electron chi connectivity index (χ2n) is 5.41. The summed E-state index contributed by atoms with van der Waals surface area (Å²) in [7, 11) is 0. The average molecular weight is 262 g/mol. The maximum Gasteiger partial charge on any atom is 0.121 e. The largest absolute Gasteiger partial charge is 0.494 e. The van der Waals surface area contributed by atoms with Crippen LogP contribution in [0.5, 0.6) is 5.75 Å². The van der Waals surface area contributed by atoms with E-state index < -0.39 is 0 Å². The van der Waals surface area contributed by atoms with Gasteiger partial charge in [-0.15, -0.1) is 0 Å². The normalized spacial score (nSPS) is 23.1. The van der Waals surface area contributed by atoms with Gasteiger partial charge in [0.05, 0.1) is 6.61 Å². The van der Waals surface area contributed by atoms with E-state index in [1.165, 1.54) is 25.7 Å². The molecular formula is C16H26N2O. The molecule has 0 aromatic heterocycles. The van der Waals surface area contributed by atoms with Gasteiger partial charge in [-0.2, -0.15) is 0 Å². The maximum absolute atomic E-state index is 5.88. The summed E-state index contributed by atoms with van der Waals surface area (Å²) in [5, 5.41) is 3.64. The number of hydrogen-bond acceptors (Lipinski definition) is 3. The molecule has 2 unspecified atom stereocenters. The molecule has 0 bridgehead atoms. The van der Waals surface area contributed by atoms with Gasteiger partial charge in [0.25, 0.3) is 0 Å². The molecule has 0 saturated heterocycles. The van der Waals surface area contributed by atoms with Crippen molar-refractivity contribution in [2.24, 2.45) is 11.7 Å². The molecule has 0 radical (unpaired) electrons. The van der Waals surface area contributed by atoms with Gasteiger partial charge in [-0.1, -0.05) is 25.8 Å². The zero-order chi connectivity index (χ0) is 13.5. The third-order valence-corrected chi connectivity index (χ3v) is 3.87. The molecule has 19 heavy (non-hydrogen) atoms. The summed E-state index contributed by atoms with van der Waals surface area (Å²) in [6.07, 6.45) is 6.14. The molecular weight excluding hydrogens is 236 g/mol. The quantitative estimate of drug-likeness (QED) is 0.826. The van der Waals surface area contributed by atoms with Crippen molar-refractivity contribution >= 4 is 5.69 Å². The van der Waals surface area contributed by atoms with Gasteiger partial charge in [-0.05, 0) is 43.9 Å². The van der Waals surface area contributed by atoms with Crippen molar-refractivity contribution < 1.29 is 4.74 Å². The summed E-state index contributed by atoms with van der Waals surface area (Å²) in [5.74, 6) is 1.56. The van der Waals surface area contributed by atoms with Gasteiger partial charge in [-0.3, -0.25) is 0 Å². The van der Waals surface area contributed by atoms with Gasteiger partial charge in [0.1, 0.15) is 5.75 Å². The van der Waals surface area contributed by atoms with E-state index >= 15 is 0 Å². The highest BCUT2D eigenvalue weighted by Gasteiger charge is 2.23. The summed E-state index contributed by atoms with van der Waals surface area (Å²) in [6.45, 7) is 3.68. The summed E-state index contributed by atoms with van der Waals surface area (Å²) in [6, 6.07) is 8.79. The molecule has 0 aliphatic heterocycles. The highest BCUT2D eigenvalue weighted by atomic mass is 16.5. The number of benzene rings is 1. The summed E-state index contributed by atoms with van der Waals surface area (Å²) >= 11 is 0. The Morgan fingerprint density at radius 2 is 2.16 bits per heavy atom. The molecule has 0 spiro atoms. The lowest BCUT2D eigenvalue weighted by atomic mass is 9.84. The number of hydrogen-bond donors (Lipinski definition) is 2. The predicted molar refractivity (Wildman–Crippen MR) is 80.7 cm³/mol. The van der Waals surface area contributed by atoms with Crippen LogP contribution in [0, 0.1) is 5.92 Å². The standard InChI is InChI=1S/C16H26N2O/c1-2-10-19-15-8-5-7-14(11-15)18-16-9-4-3-6-13(16)12-17/h5,7-8,11,13,16,18H,2-4,6,9-10,12,17H2,1H3. The van der Waals surface area contributed by atoms with Crippen LogP contribution in [0.25, 0.3) is 0 Å². The third-order valence-electron chi connectivity index (χ3n) is 3.87. The minimum atomic E-state index is 0.514. The molecule has 3 N–H and O–H groups in total. The first-order valence-electron chi connectivity index (χ1n) is 7.53. The van der Waals surface area contributed by atoms with Crippen molar-refractivity contribution in [1.29, 1.82) is 0 Å². The van der Waals surface area contributed by atoms with Crippen molar-refractivity contribution in [3.63, 3.8) is 0 Å². The molecule has 1 saturated carbocycles. The van der Waals surface area contributed by atoms with Gasteiger partial charge in [0.15, 0.2) is 0 Å². The molecule has 1 aliphatic carbocycles. The first-order chi connectivity index (χ1) is 9.33. The van der Waals surface area contributed by atoms with Crippen LogP contribution in [-0.4, -0.2) is 19.2 Å². The maximum atomic E-state index is 5.88. The van der Waals surface area contributed by atoms with Crippen molar-refractivity contribution in [1.82, 2.24) is 0 Å². The lowest BCUT2D eigenvalue weighted by Crippen LogP contribution is -2.36. The Balaban J connectivity index is 1.97. The Kier molecular flexibility index (Phi) is 5.52. The topological polar surface area (TPSA) is 47.3 Å². The first kappa shape index (κ1) is 14.2. The molecule has 2 rings (SSSR count). The van der Waals surface area contributed by atoms with Gasteiger partial charge >= 0.3 is 0 Å². The predicted octanol–water partition coefficient (Wildman–Crippen LogP) is 3.40. The monoisotopic (exact) mass is 262 g/mol. The Bertz CT molecular complexity index is 381. The van der Waals surface area contributed by atoms with Crippen LogP contribution in [0.1, 0.15) is 39.0 Å². The smallest absolute Gasteiger partial charge is 0.121 e. The Morgan fingerprint density at radius 1 is 1.32 bits per heavy atom. The average Bonchev–Trinajstić information content (AvgIpc) is 2.46. The molecule has 2 atom stereocenters. The van der Waals surface area contributed by atoms with Crippen LogP contribution in [0.15, 0.2) is 24.3 Å². The second kappa shape index (κ2) is 7.39. The highest BCUT2D eigenvalue weighted by molar-refractivity contribution is 5.49. The Hall–Kier alpha value is -1.22. The van der Waals surface area contributed by atoms with E-state index in [9.17, 15) is 0 Å². The molecule has 1 fully saturated rings. The molecule has 0 amide bonds. The van der Waals surface area contributed by atoms with E-state index in [4.69, 9.17) is 10.5 Å². The van der Waals surface area contributed by atoms with Crippen LogP contribution < -0.4 is 15.8 Å². The lowest BCUT2D eigenvalue weighted by molar-refractivity contribution is 0.317. The van der Waals surface area contributed by atoms with Crippen molar-refractivity contribution in [3.05, 3.63) is 24.3 Å². The van der Waals surface area contributed by atoms with Crippen LogP contribution in [0.3, 0.4) is 0 Å². The molecule has 3 heteroatoms. The third kappa shape index (κ3) is 4.13. The lowest BCUT2D eigenvalue weighted by Gasteiger charge is -2.32. The van der Waals surface area contributed by atoms with Crippen LogP contribution in [0.4, 0.5) is 5.69 Å². The fourth-order valence-corrected chi connectivity index (χ4v) is 2.79. The van der Waals surface area contributed by atoms with Gasteiger partial charge < -0.3 is 15.8 Å². The number of nitrogens with one attached hydrogen (secondary N) is 1. The SMILES string of the molecule is CCCOc1cccc(NC2CCCCC2CN)c1. The van der Waals surface area contributed by atoms with E-state index in [-0.39, 0.29) is 0 Å². The molecule has 1 aromatic carbocycles. The van der Waals surface area contributed by atoms with E-state index in [0.717, 1.165) is 31.0 Å². The summed E-state index contributed by atoms with van der Waals surface area (Å²) in [4.78, 5) is 0. The number of rotatable bonds is 6. The fraction of sp³-hybridized carbons (Fsp3) is 0.625. The van der Waals surface area contributed by atoms with Crippen molar-refractivity contribution in [2.45, 2.75) is 45.1 Å². The van der Waals surface area contributed by atoms with Crippen LogP contribution in [0.2, 0.25) is 0 Å². The molecule has 0 heterocycles. The van der Waals surface area contributed by atoms with Crippen molar-refractivity contribution in [3.8, 4) is 5.75 Å². The van der Waals surface area contributed by atoms with Crippen LogP contribution >= 0.6 is 0 Å². The zero-order valence-electron chi connectivity index (χ0n) is 11.9. The first-order valence-corrected chi connectivity index (χ1v) is 7.53. The van der Waals surface area contributed by atoms with Crippen molar-refractivity contribution in [2.75, 3.05) is 18.5 Å². The van der Waals surface area contributed by atoms with Gasteiger partial charge in [-0.25, -0.2) is 0 Å². The summed E-state index contributed by atoms with van der Waals surface area (Å²) < 4.78 is 5.67. The van der Waals surface area contributed by atoms with E-state index in [1.54, 1.807) is 0 Å². The van der Waals surface area contributed by atoms with Gasteiger partial charge in [0, 0.05) is 17.8 Å². The minimum absolute atomic E-state index is 0.514. The summed E-state index contributed by atoms with van der Waals surface area (Å²) in [5.41, 5.74) is 7.03. The zero-order valence-corrected chi connectivity index (χ0v) is 11.9. The van der Waals surface area contributed by atoms with E-state index in [1.807, 2.05) is 12.1 Å². The van der Waals surface area contributed by atoms with E-state index in [2.05, 4.69) is 24.4 Å². The highest BCUT2D eigenvalue weighted by Crippen LogP contribution is 2.27. The molecule has 3 nitrogen and oxygen atoms in total. The number of ether oxygens (including phenoxy) is 1. The Morgan fingerprint density at radius 3 is 2.95 bits per heavy atom. The van der Waals surface area contributed by atoms with Crippen LogP contribution in [-0.2, 0) is 0 Å². The molecule has 106 valence electrons. The second-order valence-corrected chi connectivity index (χ2v) is 5.41. The Labute approximate surface area is 116 Å². The van der Waals surface area contributed by atoms with Gasteiger partial charge in [0.2, 0.25) is 0 Å². The number of nitrogens with two attached hydrogens (primary N) is 1.